The molecule has 1 amide bonds. The number of amides is 1. The summed E-state index contributed by atoms with van der Waals surface area (Å²) < 4.78 is 33.1. The van der Waals surface area contributed by atoms with Gasteiger partial charge in [0.05, 0.1) is 12.6 Å². The van der Waals surface area contributed by atoms with Crippen LogP contribution >= 0.6 is 0 Å². The molecule has 1 aliphatic rings. The van der Waals surface area contributed by atoms with Gasteiger partial charge in [-0.3, -0.25) is 0 Å². The number of hydrogen-bond donors (Lipinski definition) is 2. The van der Waals surface area contributed by atoms with Crippen molar-refractivity contribution in [3.05, 3.63) is 53.6 Å². The summed E-state index contributed by atoms with van der Waals surface area (Å²) in [6.45, 7) is 4.10. The van der Waals surface area contributed by atoms with Gasteiger partial charge in [0.15, 0.2) is 11.6 Å². The lowest BCUT2D eigenvalue weighted by atomic mass is 9.78. The first-order valence-electron chi connectivity index (χ1n) is 7.50. The molecule has 24 heavy (non-hydrogen) atoms. The molecular weight excluding hydrogens is 316 g/mol. The average molecular weight is 333 g/mol. The molecule has 1 atom stereocenters. The van der Waals surface area contributed by atoms with Crippen molar-refractivity contribution in [3.63, 3.8) is 0 Å². The molecule has 0 saturated carbocycles. The monoisotopic (exact) mass is 333 g/mol. The fourth-order valence-electron chi connectivity index (χ4n) is 2.96. The highest BCUT2D eigenvalue weighted by atomic mass is 19.2. The summed E-state index contributed by atoms with van der Waals surface area (Å²) in [5.41, 5.74) is 0.847. The number of hydrogen-bond acceptors (Lipinski definition) is 2. The molecule has 0 spiro atoms. The first-order valence-corrected chi connectivity index (χ1v) is 7.50. The van der Waals surface area contributed by atoms with Crippen molar-refractivity contribution in [2.24, 2.45) is 5.41 Å². The van der Waals surface area contributed by atoms with E-state index < -0.39 is 29.2 Å². The van der Waals surface area contributed by atoms with Crippen LogP contribution in [0.1, 0.15) is 25.5 Å². The number of ether oxygens (including phenoxy) is 1. The fourth-order valence-corrected chi connectivity index (χ4v) is 2.96. The summed E-state index contributed by atoms with van der Waals surface area (Å²) >= 11 is 0. The zero-order valence-electron chi connectivity index (χ0n) is 13.3. The molecule has 0 bridgehead atoms. The molecule has 0 saturated heterocycles. The Morgan fingerprint density at radius 2 is 2.04 bits per heavy atom. The molecule has 1 unspecified atom stereocenters. The number of rotatable bonds is 2. The smallest absolute Gasteiger partial charge is 0.405 e. The molecule has 0 aromatic heterocycles. The maximum atomic E-state index is 14.0. The van der Waals surface area contributed by atoms with Gasteiger partial charge in [0.1, 0.15) is 5.75 Å². The van der Waals surface area contributed by atoms with Crippen LogP contribution in [0.25, 0.3) is 11.1 Å². The second kappa shape index (κ2) is 5.78. The van der Waals surface area contributed by atoms with Gasteiger partial charge in [0.2, 0.25) is 0 Å². The van der Waals surface area contributed by atoms with E-state index in [1.54, 1.807) is 18.2 Å². The number of carboxylic acid groups (broad SMARTS) is 1. The highest BCUT2D eigenvalue weighted by Gasteiger charge is 2.38. The largest absolute Gasteiger partial charge is 0.493 e. The van der Waals surface area contributed by atoms with Gasteiger partial charge in [-0.05, 0) is 17.7 Å². The van der Waals surface area contributed by atoms with Crippen LogP contribution in [-0.2, 0) is 0 Å². The molecule has 2 N–H and O–H groups in total. The maximum Gasteiger partial charge on any atom is 0.405 e. The number of benzene rings is 2. The molecule has 3 rings (SSSR count). The zero-order chi connectivity index (χ0) is 17.5. The van der Waals surface area contributed by atoms with Crippen molar-refractivity contribution in [1.82, 2.24) is 5.32 Å². The van der Waals surface area contributed by atoms with Crippen molar-refractivity contribution in [1.29, 1.82) is 0 Å². The topological polar surface area (TPSA) is 58.6 Å². The Balaban J connectivity index is 2.06. The molecule has 126 valence electrons. The minimum Gasteiger partial charge on any atom is -0.493 e. The second-order valence-electron chi connectivity index (χ2n) is 6.51. The maximum absolute atomic E-state index is 14.0. The quantitative estimate of drug-likeness (QED) is 0.858. The lowest BCUT2D eigenvalue weighted by Gasteiger charge is -2.39. The highest BCUT2D eigenvalue weighted by molar-refractivity contribution is 5.69. The van der Waals surface area contributed by atoms with Gasteiger partial charge in [0.25, 0.3) is 0 Å². The minimum atomic E-state index is -1.12. The van der Waals surface area contributed by atoms with Crippen LogP contribution < -0.4 is 10.1 Å². The van der Waals surface area contributed by atoms with Gasteiger partial charge < -0.3 is 15.2 Å². The van der Waals surface area contributed by atoms with Crippen LogP contribution in [0.2, 0.25) is 0 Å². The molecule has 0 aliphatic carbocycles. The molecule has 2 aromatic carbocycles. The SMILES string of the molecule is CC1(C)COc2cc(-c3cccc(F)c3F)ccc2C1NC(=O)O. The molecule has 2 aromatic rings. The fraction of sp³-hybridized carbons (Fsp3) is 0.278. The molecule has 6 heteroatoms. The summed E-state index contributed by atoms with van der Waals surface area (Å²) in [4.78, 5) is 11.1. The van der Waals surface area contributed by atoms with Crippen molar-refractivity contribution in [2.75, 3.05) is 6.61 Å². The Hall–Kier alpha value is -2.63. The predicted octanol–water partition coefficient (Wildman–Crippen LogP) is 4.36. The predicted molar refractivity (Wildman–Crippen MR) is 85.0 cm³/mol. The minimum absolute atomic E-state index is 0.133. The highest BCUT2D eigenvalue weighted by Crippen LogP contribution is 2.44. The van der Waals surface area contributed by atoms with Crippen molar-refractivity contribution in [3.8, 4) is 16.9 Å². The summed E-state index contributed by atoms with van der Waals surface area (Å²) in [6.07, 6.45) is -1.12. The Morgan fingerprint density at radius 3 is 2.75 bits per heavy atom. The number of fused-ring (bicyclic) bond motifs is 1. The van der Waals surface area contributed by atoms with Crippen molar-refractivity contribution in [2.45, 2.75) is 19.9 Å². The normalized spacial score (nSPS) is 18.4. The Kier molecular flexibility index (Phi) is 3.91. The van der Waals surface area contributed by atoms with Gasteiger partial charge in [-0.25, -0.2) is 13.6 Å². The molecule has 4 nitrogen and oxygen atoms in total. The lowest BCUT2D eigenvalue weighted by molar-refractivity contribution is 0.0996. The van der Waals surface area contributed by atoms with Gasteiger partial charge in [-0.2, -0.15) is 0 Å². The second-order valence-corrected chi connectivity index (χ2v) is 6.51. The third-order valence-corrected chi connectivity index (χ3v) is 4.24. The van der Waals surface area contributed by atoms with E-state index in [9.17, 15) is 13.6 Å². The van der Waals surface area contributed by atoms with Crippen molar-refractivity contribution < 1.29 is 23.4 Å². The Morgan fingerprint density at radius 1 is 1.29 bits per heavy atom. The standard InChI is InChI=1S/C18H17F2NO3/c1-18(2)9-24-14-8-10(11-4-3-5-13(19)15(11)20)6-7-12(14)16(18)21-17(22)23/h3-8,16,21H,9H2,1-2H3,(H,22,23). The third-order valence-electron chi connectivity index (χ3n) is 4.24. The molecule has 1 aliphatic heterocycles. The third kappa shape index (κ3) is 2.79. The number of halogens is 2. The van der Waals surface area contributed by atoms with E-state index in [1.165, 1.54) is 12.1 Å². The van der Waals surface area contributed by atoms with Crippen LogP contribution in [-0.4, -0.2) is 17.8 Å². The Bertz CT molecular complexity index is 805. The van der Waals surface area contributed by atoms with Gasteiger partial charge in [0, 0.05) is 16.5 Å². The average Bonchev–Trinajstić information content (AvgIpc) is 2.52. The van der Waals surface area contributed by atoms with Crippen molar-refractivity contribution >= 4 is 6.09 Å². The molecule has 1 heterocycles. The van der Waals surface area contributed by atoms with Crippen LogP contribution in [0.5, 0.6) is 5.75 Å². The summed E-state index contributed by atoms with van der Waals surface area (Å²) in [6, 6.07) is 8.47. The van der Waals surface area contributed by atoms with Crippen LogP contribution in [0.15, 0.2) is 36.4 Å². The zero-order valence-corrected chi connectivity index (χ0v) is 13.3. The molecule has 0 fully saturated rings. The van der Waals surface area contributed by atoms with E-state index >= 15 is 0 Å². The van der Waals surface area contributed by atoms with E-state index in [0.717, 1.165) is 6.07 Å². The van der Waals surface area contributed by atoms with E-state index in [4.69, 9.17) is 9.84 Å². The van der Waals surface area contributed by atoms with E-state index in [-0.39, 0.29) is 5.56 Å². The molecule has 0 radical (unpaired) electrons. The summed E-state index contributed by atoms with van der Waals surface area (Å²) in [7, 11) is 0. The Labute approximate surface area is 138 Å². The summed E-state index contributed by atoms with van der Waals surface area (Å²) in [5, 5.41) is 11.6. The summed E-state index contributed by atoms with van der Waals surface area (Å²) in [5.74, 6) is -1.37. The first kappa shape index (κ1) is 16.2. The van der Waals surface area contributed by atoms with E-state index in [1.807, 2.05) is 13.8 Å². The lowest BCUT2D eigenvalue weighted by Crippen LogP contribution is -2.43. The van der Waals surface area contributed by atoms with Crippen LogP contribution in [0, 0.1) is 17.0 Å². The van der Waals surface area contributed by atoms with E-state index in [0.29, 0.717) is 23.5 Å². The number of nitrogens with one attached hydrogen (secondary N) is 1. The molecular formula is C18H17F2NO3. The number of carbonyl (C=O) groups is 1. The van der Waals surface area contributed by atoms with Gasteiger partial charge >= 0.3 is 6.09 Å². The van der Waals surface area contributed by atoms with Gasteiger partial charge in [-0.1, -0.05) is 38.1 Å². The first-order chi connectivity index (χ1) is 11.3. The van der Waals surface area contributed by atoms with E-state index in [2.05, 4.69) is 5.32 Å². The van der Waals surface area contributed by atoms with Crippen LogP contribution in [0.4, 0.5) is 13.6 Å². The van der Waals surface area contributed by atoms with Crippen LogP contribution in [0.3, 0.4) is 0 Å². The van der Waals surface area contributed by atoms with Gasteiger partial charge in [-0.15, -0.1) is 0 Å².